The van der Waals surface area contributed by atoms with Crippen molar-refractivity contribution in [3.63, 3.8) is 0 Å². The standard InChI is InChI=1S/C34H50O7/c1-10-40-27(31(5,6)39)15-14-21(2)12-11-13-22(3)29-24(36)20-26-32(7)19-17-28(41-23(4)35)34(9,30(37)38)25(32)16-18-33(26,29)8/h11-15,25-28,39H,10,16-20H2,1-9H3,(H,37,38)/b13-11+,15-14+,21-12+,29-22+/t25?,26-,27?,28+,32-,33-,34+/m0/s1. The summed E-state index contributed by atoms with van der Waals surface area (Å²) in [6.07, 6.45) is 11.6. The molecule has 3 aliphatic carbocycles. The summed E-state index contributed by atoms with van der Waals surface area (Å²) in [6.45, 7) is 17.2. The first-order valence-corrected chi connectivity index (χ1v) is 14.9. The third kappa shape index (κ3) is 6.17. The average Bonchev–Trinajstić information content (AvgIpc) is 3.13. The molecule has 7 nitrogen and oxygen atoms in total. The van der Waals surface area contributed by atoms with Crippen LogP contribution in [-0.4, -0.2) is 52.4 Å². The van der Waals surface area contributed by atoms with E-state index in [0.717, 1.165) is 23.1 Å². The Hall–Kier alpha value is -2.51. The number of carbonyl (C=O) groups is 3. The van der Waals surface area contributed by atoms with Gasteiger partial charge in [0, 0.05) is 30.9 Å². The number of carboxylic acids is 1. The van der Waals surface area contributed by atoms with Crippen LogP contribution in [-0.2, 0) is 23.9 Å². The van der Waals surface area contributed by atoms with Gasteiger partial charge in [-0.1, -0.05) is 49.8 Å². The van der Waals surface area contributed by atoms with Gasteiger partial charge in [-0.25, -0.2) is 0 Å². The quantitative estimate of drug-likeness (QED) is 0.188. The molecule has 0 spiro atoms. The SMILES string of the molecule is CCOC(/C=C/C(C)=C/C=C/C(C)=C1\C(=O)C[C@H]2[C@@]3(C)CC[C@@H](OC(C)=O)[C@](C)(C(=O)O)C3CC[C@]12C)C(C)(C)O. The first-order valence-electron chi connectivity index (χ1n) is 14.9. The zero-order valence-corrected chi connectivity index (χ0v) is 26.4. The number of carboxylic acid groups (broad SMARTS) is 1. The zero-order valence-electron chi connectivity index (χ0n) is 26.4. The molecule has 0 amide bonds. The van der Waals surface area contributed by atoms with Crippen LogP contribution >= 0.6 is 0 Å². The van der Waals surface area contributed by atoms with Crippen LogP contribution in [0.3, 0.4) is 0 Å². The number of aliphatic hydroxyl groups is 1. The topological polar surface area (TPSA) is 110 Å². The number of fused-ring (bicyclic) bond motifs is 3. The van der Waals surface area contributed by atoms with Crippen LogP contribution in [0.4, 0.5) is 0 Å². The molecule has 0 aromatic rings. The summed E-state index contributed by atoms with van der Waals surface area (Å²) in [5.74, 6) is -1.43. The van der Waals surface area contributed by atoms with Crippen molar-refractivity contribution in [3.8, 4) is 0 Å². The smallest absolute Gasteiger partial charge is 0.313 e. The third-order valence-electron chi connectivity index (χ3n) is 10.3. The van der Waals surface area contributed by atoms with Crippen molar-refractivity contribution in [3.05, 3.63) is 47.1 Å². The molecule has 0 aromatic carbocycles. The van der Waals surface area contributed by atoms with Crippen molar-refractivity contribution in [2.24, 2.45) is 28.1 Å². The van der Waals surface area contributed by atoms with Crippen LogP contribution < -0.4 is 0 Å². The highest BCUT2D eigenvalue weighted by Gasteiger charge is 2.68. The van der Waals surface area contributed by atoms with E-state index in [1.54, 1.807) is 20.8 Å². The first kappa shape index (κ1) is 33.0. The Morgan fingerprint density at radius 3 is 2.29 bits per heavy atom. The minimum absolute atomic E-state index is 0.0223. The summed E-state index contributed by atoms with van der Waals surface area (Å²) >= 11 is 0. The lowest BCUT2D eigenvalue weighted by molar-refractivity contribution is -0.204. The molecule has 2 N–H and O–H groups in total. The lowest BCUT2D eigenvalue weighted by atomic mass is 9.42. The molecule has 0 saturated heterocycles. The van der Waals surface area contributed by atoms with E-state index in [1.807, 2.05) is 51.2 Å². The Morgan fingerprint density at radius 2 is 1.73 bits per heavy atom. The number of Topliss-reactive ketones (excluding diaryl/α,β-unsaturated/α-hetero) is 1. The summed E-state index contributed by atoms with van der Waals surface area (Å²) in [4.78, 5) is 38.1. The maximum atomic E-state index is 13.6. The zero-order chi connectivity index (χ0) is 31.0. The summed E-state index contributed by atoms with van der Waals surface area (Å²) in [6, 6.07) is 0. The van der Waals surface area contributed by atoms with Gasteiger partial charge >= 0.3 is 11.9 Å². The number of hydrogen-bond donors (Lipinski definition) is 2. The largest absolute Gasteiger partial charge is 0.481 e. The van der Waals surface area contributed by atoms with Crippen molar-refractivity contribution in [2.75, 3.05) is 6.61 Å². The van der Waals surface area contributed by atoms with Crippen LogP contribution in [0.25, 0.3) is 0 Å². The maximum Gasteiger partial charge on any atom is 0.313 e. The Bertz CT molecular complexity index is 1170. The number of ether oxygens (including phenoxy) is 2. The molecule has 0 aliphatic heterocycles. The summed E-state index contributed by atoms with van der Waals surface area (Å²) in [5.41, 5.74) is -0.119. The Labute approximate surface area is 245 Å². The molecule has 0 heterocycles. The van der Waals surface area contributed by atoms with E-state index >= 15 is 0 Å². The van der Waals surface area contributed by atoms with E-state index in [9.17, 15) is 24.6 Å². The van der Waals surface area contributed by atoms with Gasteiger partial charge < -0.3 is 19.7 Å². The maximum absolute atomic E-state index is 13.6. The number of allylic oxidation sites excluding steroid dienone is 7. The average molecular weight is 571 g/mol. The third-order valence-corrected chi connectivity index (χ3v) is 10.3. The fraction of sp³-hybridized carbons (Fsp3) is 0.676. The fourth-order valence-corrected chi connectivity index (χ4v) is 8.32. The lowest BCUT2D eigenvalue weighted by Crippen LogP contribution is -2.61. The van der Waals surface area contributed by atoms with Crippen LogP contribution in [0.5, 0.6) is 0 Å². The predicted octanol–water partition coefficient (Wildman–Crippen LogP) is 6.37. The van der Waals surface area contributed by atoms with E-state index in [2.05, 4.69) is 13.8 Å². The number of hydrogen-bond acceptors (Lipinski definition) is 6. The summed E-state index contributed by atoms with van der Waals surface area (Å²) in [7, 11) is 0. The molecule has 0 aromatic heterocycles. The highest BCUT2D eigenvalue weighted by molar-refractivity contribution is 6.01. The van der Waals surface area contributed by atoms with Crippen molar-refractivity contribution < 1.29 is 34.1 Å². The predicted molar refractivity (Wildman–Crippen MR) is 159 cm³/mol. The molecule has 228 valence electrons. The van der Waals surface area contributed by atoms with Crippen LogP contribution in [0.2, 0.25) is 0 Å². The van der Waals surface area contributed by atoms with Gasteiger partial charge in [-0.2, -0.15) is 0 Å². The number of rotatable bonds is 9. The van der Waals surface area contributed by atoms with Gasteiger partial charge in [-0.15, -0.1) is 0 Å². The lowest BCUT2D eigenvalue weighted by Gasteiger charge is -2.61. The minimum atomic E-state index is -1.20. The number of esters is 1. The first-order chi connectivity index (χ1) is 18.9. The van der Waals surface area contributed by atoms with E-state index in [-0.39, 0.29) is 28.4 Å². The van der Waals surface area contributed by atoms with Gasteiger partial charge in [-0.3, -0.25) is 14.4 Å². The van der Waals surface area contributed by atoms with Gasteiger partial charge in [0.1, 0.15) is 17.6 Å². The molecule has 7 atom stereocenters. The molecule has 7 heteroatoms. The summed E-state index contributed by atoms with van der Waals surface area (Å²) in [5, 5.41) is 20.7. The Balaban J connectivity index is 1.89. The number of ketones is 1. The van der Waals surface area contributed by atoms with Gasteiger partial charge in [-0.05, 0) is 90.0 Å². The highest BCUT2D eigenvalue weighted by Crippen LogP contribution is 2.69. The molecular formula is C34H50O7. The number of carbonyl (C=O) groups excluding carboxylic acids is 2. The van der Waals surface area contributed by atoms with Crippen LogP contribution in [0.1, 0.15) is 94.4 Å². The van der Waals surface area contributed by atoms with E-state index in [0.29, 0.717) is 32.3 Å². The second-order valence-corrected chi connectivity index (χ2v) is 13.6. The van der Waals surface area contributed by atoms with Crippen molar-refractivity contribution >= 4 is 17.7 Å². The van der Waals surface area contributed by atoms with E-state index in [1.165, 1.54) is 6.92 Å². The molecular weight excluding hydrogens is 520 g/mol. The van der Waals surface area contributed by atoms with E-state index in [4.69, 9.17) is 9.47 Å². The van der Waals surface area contributed by atoms with Crippen molar-refractivity contribution in [1.82, 2.24) is 0 Å². The van der Waals surface area contributed by atoms with Crippen molar-refractivity contribution in [1.29, 1.82) is 0 Å². The number of aliphatic carboxylic acids is 1. The normalized spacial score (nSPS) is 36.3. The van der Waals surface area contributed by atoms with Gasteiger partial charge in [0.25, 0.3) is 0 Å². The molecule has 3 rings (SSSR count). The molecule has 0 bridgehead atoms. The molecule has 0 radical (unpaired) electrons. The van der Waals surface area contributed by atoms with E-state index < -0.39 is 35.2 Å². The second-order valence-electron chi connectivity index (χ2n) is 13.6. The van der Waals surface area contributed by atoms with Crippen LogP contribution in [0, 0.1) is 28.1 Å². The highest BCUT2D eigenvalue weighted by atomic mass is 16.5. The molecule has 3 aliphatic rings. The molecule has 3 fully saturated rings. The monoisotopic (exact) mass is 570 g/mol. The fourth-order valence-electron chi connectivity index (χ4n) is 8.32. The molecule has 41 heavy (non-hydrogen) atoms. The molecule has 3 saturated carbocycles. The Morgan fingerprint density at radius 1 is 1.07 bits per heavy atom. The van der Waals surface area contributed by atoms with Gasteiger partial charge in [0.2, 0.25) is 0 Å². The summed E-state index contributed by atoms with van der Waals surface area (Å²) < 4.78 is 11.2. The second kappa shape index (κ2) is 12.0. The van der Waals surface area contributed by atoms with Gasteiger partial charge in [0.05, 0.1) is 5.60 Å². The van der Waals surface area contributed by atoms with Crippen molar-refractivity contribution in [2.45, 2.75) is 112 Å². The Kier molecular flexibility index (Phi) is 9.66. The minimum Gasteiger partial charge on any atom is -0.481 e. The van der Waals surface area contributed by atoms with Crippen LogP contribution in [0.15, 0.2) is 47.1 Å². The molecule has 2 unspecified atom stereocenters. The van der Waals surface area contributed by atoms with Gasteiger partial charge in [0.15, 0.2) is 5.78 Å².